The van der Waals surface area contributed by atoms with Gasteiger partial charge in [-0.1, -0.05) is 31.2 Å². The van der Waals surface area contributed by atoms with Crippen LogP contribution in [0, 0.1) is 0 Å². The minimum absolute atomic E-state index is 0.0822. The maximum absolute atomic E-state index is 13.4. The van der Waals surface area contributed by atoms with Gasteiger partial charge in [-0.25, -0.2) is 0 Å². The maximum Gasteiger partial charge on any atom is 0.308 e. The van der Waals surface area contributed by atoms with Crippen LogP contribution < -0.4 is 19.1 Å². The molecular formula is C29H25NO7. The zero-order chi connectivity index (χ0) is 26.1. The van der Waals surface area contributed by atoms with Gasteiger partial charge < -0.3 is 19.3 Å². The lowest BCUT2D eigenvalue weighted by Crippen LogP contribution is -2.29. The van der Waals surface area contributed by atoms with Gasteiger partial charge in [0.25, 0.3) is 11.7 Å². The molecule has 8 heteroatoms. The number of anilines is 1. The van der Waals surface area contributed by atoms with Crippen molar-refractivity contribution in [2.45, 2.75) is 26.3 Å². The van der Waals surface area contributed by atoms with Gasteiger partial charge in [0.1, 0.15) is 24.7 Å². The summed E-state index contributed by atoms with van der Waals surface area (Å²) in [7, 11) is 0. The fourth-order valence-corrected chi connectivity index (χ4v) is 4.57. The van der Waals surface area contributed by atoms with Gasteiger partial charge in [-0.05, 0) is 60.0 Å². The van der Waals surface area contributed by atoms with Crippen molar-refractivity contribution in [1.82, 2.24) is 0 Å². The Balaban J connectivity index is 1.68. The standard InChI is InChI=1S/C29H25NO7/c1-3-18-7-10-21(11-8-18)30-26(19-5-4-6-22(15-19)37-17(2)31)25(28(33)29(30)34)27(32)20-9-12-23-24(16-20)36-14-13-35-23/h4-12,15-16,26,32H,3,13-14H2,1-2H3/b27-25-. The van der Waals surface area contributed by atoms with Crippen LogP contribution in [0.5, 0.6) is 17.2 Å². The predicted octanol–water partition coefficient (Wildman–Crippen LogP) is 4.57. The lowest BCUT2D eigenvalue weighted by Gasteiger charge is -2.26. The molecule has 2 aliphatic heterocycles. The van der Waals surface area contributed by atoms with Crippen molar-refractivity contribution in [3.63, 3.8) is 0 Å². The molecule has 1 N–H and O–H groups in total. The number of Topliss-reactive ketones (excluding diaryl/α,β-unsaturated/α-hetero) is 1. The summed E-state index contributed by atoms with van der Waals surface area (Å²) in [5.41, 5.74) is 2.30. The first-order valence-corrected chi connectivity index (χ1v) is 12.0. The van der Waals surface area contributed by atoms with Gasteiger partial charge in [0, 0.05) is 18.2 Å². The van der Waals surface area contributed by atoms with Crippen LogP contribution in [0.15, 0.2) is 72.3 Å². The van der Waals surface area contributed by atoms with Gasteiger partial charge in [-0.2, -0.15) is 0 Å². The third kappa shape index (κ3) is 4.53. The Morgan fingerprint density at radius 1 is 1.00 bits per heavy atom. The molecule has 1 unspecified atom stereocenters. The van der Waals surface area contributed by atoms with Gasteiger partial charge in [-0.15, -0.1) is 0 Å². The lowest BCUT2D eigenvalue weighted by molar-refractivity contribution is -0.132. The van der Waals surface area contributed by atoms with Gasteiger partial charge >= 0.3 is 5.97 Å². The molecule has 1 fully saturated rings. The normalized spacial score (nSPS) is 18.1. The van der Waals surface area contributed by atoms with E-state index in [1.54, 1.807) is 54.6 Å². The van der Waals surface area contributed by atoms with Crippen LogP contribution >= 0.6 is 0 Å². The average molecular weight is 500 g/mol. The molecule has 5 rings (SSSR count). The molecule has 2 aliphatic rings. The molecule has 3 aromatic carbocycles. The molecule has 1 atom stereocenters. The molecule has 0 aromatic heterocycles. The third-order valence-electron chi connectivity index (χ3n) is 6.32. The van der Waals surface area contributed by atoms with E-state index in [-0.39, 0.29) is 17.1 Å². The summed E-state index contributed by atoms with van der Waals surface area (Å²) >= 11 is 0. The second kappa shape index (κ2) is 9.81. The van der Waals surface area contributed by atoms with Crippen LogP contribution in [0.4, 0.5) is 5.69 Å². The highest BCUT2D eigenvalue weighted by Gasteiger charge is 2.47. The molecule has 0 aliphatic carbocycles. The van der Waals surface area contributed by atoms with E-state index in [2.05, 4.69) is 0 Å². The molecule has 2 heterocycles. The van der Waals surface area contributed by atoms with Gasteiger partial charge in [-0.3, -0.25) is 19.3 Å². The SMILES string of the molecule is CCc1ccc(N2C(=O)C(=O)/C(=C(\O)c3ccc4c(c3)OCCO4)C2c2cccc(OC(C)=O)c2)cc1. The zero-order valence-corrected chi connectivity index (χ0v) is 20.4. The van der Waals surface area contributed by atoms with Crippen molar-refractivity contribution in [3.05, 3.63) is 89.0 Å². The Morgan fingerprint density at radius 3 is 2.43 bits per heavy atom. The van der Waals surface area contributed by atoms with Crippen molar-refractivity contribution in [1.29, 1.82) is 0 Å². The van der Waals surface area contributed by atoms with Crippen LogP contribution in [0.3, 0.4) is 0 Å². The number of hydrogen-bond acceptors (Lipinski definition) is 7. The molecule has 3 aromatic rings. The number of benzene rings is 3. The van der Waals surface area contributed by atoms with E-state index < -0.39 is 23.7 Å². The summed E-state index contributed by atoms with van der Waals surface area (Å²) in [6, 6.07) is 17.8. The van der Waals surface area contributed by atoms with Crippen molar-refractivity contribution >= 4 is 29.1 Å². The van der Waals surface area contributed by atoms with Crippen LogP contribution in [0.25, 0.3) is 5.76 Å². The number of nitrogens with zero attached hydrogens (tertiary/aromatic N) is 1. The van der Waals surface area contributed by atoms with E-state index in [4.69, 9.17) is 14.2 Å². The predicted molar refractivity (Wildman–Crippen MR) is 136 cm³/mol. The highest BCUT2D eigenvalue weighted by molar-refractivity contribution is 6.51. The first kappa shape index (κ1) is 24.1. The molecular weight excluding hydrogens is 474 g/mol. The summed E-state index contributed by atoms with van der Waals surface area (Å²) in [5, 5.41) is 11.4. The molecule has 0 bridgehead atoms. The van der Waals surface area contributed by atoms with E-state index in [1.807, 2.05) is 19.1 Å². The monoisotopic (exact) mass is 499 g/mol. The number of ether oxygens (including phenoxy) is 3. The number of fused-ring (bicyclic) bond motifs is 1. The number of aliphatic hydroxyl groups excluding tert-OH is 1. The highest BCUT2D eigenvalue weighted by Crippen LogP contribution is 2.44. The highest BCUT2D eigenvalue weighted by atomic mass is 16.6. The van der Waals surface area contributed by atoms with Crippen molar-refractivity contribution < 1.29 is 33.7 Å². The number of amides is 1. The topological polar surface area (TPSA) is 102 Å². The Hall–Kier alpha value is -4.59. The molecule has 0 saturated carbocycles. The number of ketones is 1. The molecule has 37 heavy (non-hydrogen) atoms. The first-order chi connectivity index (χ1) is 17.9. The van der Waals surface area contributed by atoms with E-state index in [9.17, 15) is 19.5 Å². The molecule has 1 amide bonds. The van der Waals surface area contributed by atoms with Gasteiger partial charge in [0.2, 0.25) is 0 Å². The fraction of sp³-hybridized carbons (Fsp3) is 0.207. The smallest absolute Gasteiger partial charge is 0.308 e. The summed E-state index contributed by atoms with van der Waals surface area (Å²) in [4.78, 5) is 39.7. The first-order valence-electron chi connectivity index (χ1n) is 12.0. The van der Waals surface area contributed by atoms with Crippen molar-refractivity contribution in [2.24, 2.45) is 0 Å². The number of esters is 1. The van der Waals surface area contributed by atoms with Crippen LogP contribution in [0.2, 0.25) is 0 Å². The van der Waals surface area contributed by atoms with E-state index in [1.165, 1.54) is 11.8 Å². The van der Waals surface area contributed by atoms with E-state index in [0.29, 0.717) is 41.5 Å². The van der Waals surface area contributed by atoms with E-state index in [0.717, 1.165) is 12.0 Å². The number of carbonyl (C=O) groups excluding carboxylic acids is 3. The van der Waals surface area contributed by atoms with Crippen molar-refractivity contribution in [3.8, 4) is 17.2 Å². The Bertz CT molecular complexity index is 1420. The Labute approximate surface area is 213 Å². The number of aryl methyl sites for hydroxylation is 1. The number of rotatable bonds is 5. The van der Waals surface area contributed by atoms with Gasteiger partial charge in [0.05, 0.1) is 11.6 Å². The molecule has 0 spiro atoms. The van der Waals surface area contributed by atoms with Crippen LogP contribution in [-0.2, 0) is 20.8 Å². The quantitative estimate of drug-likeness (QED) is 0.180. The summed E-state index contributed by atoms with van der Waals surface area (Å²) in [6.45, 7) is 4.09. The Kier molecular flexibility index (Phi) is 6.40. The van der Waals surface area contributed by atoms with E-state index >= 15 is 0 Å². The van der Waals surface area contributed by atoms with Crippen LogP contribution in [-0.4, -0.2) is 36.0 Å². The molecule has 188 valence electrons. The fourth-order valence-electron chi connectivity index (χ4n) is 4.57. The van der Waals surface area contributed by atoms with Crippen LogP contribution in [0.1, 0.15) is 36.6 Å². The summed E-state index contributed by atoms with van der Waals surface area (Å²) in [5.74, 6) is -1.21. The number of hydrogen-bond donors (Lipinski definition) is 1. The maximum atomic E-state index is 13.4. The second-order valence-corrected chi connectivity index (χ2v) is 8.71. The minimum atomic E-state index is -0.962. The number of aliphatic hydroxyl groups is 1. The van der Waals surface area contributed by atoms with Crippen molar-refractivity contribution in [2.75, 3.05) is 18.1 Å². The zero-order valence-electron chi connectivity index (χ0n) is 20.4. The summed E-state index contributed by atoms with van der Waals surface area (Å²) in [6.07, 6.45) is 0.817. The number of carbonyl (C=O) groups is 3. The second-order valence-electron chi connectivity index (χ2n) is 8.71. The summed E-state index contributed by atoms with van der Waals surface area (Å²) < 4.78 is 16.4. The minimum Gasteiger partial charge on any atom is -0.507 e. The third-order valence-corrected chi connectivity index (χ3v) is 6.32. The molecule has 8 nitrogen and oxygen atoms in total. The molecule has 0 radical (unpaired) electrons. The molecule has 1 saturated heterocycles. The largest absolute Gasteiger partial charge is 0.507 e. The van der Waals surface area contributed by atoms with Gasteiger partial charge in [0.15, 0.2) is 11.5 Å². The lowest BCUT2D eigenvalue weighted by atomic mass is 9.94. The Morgan fingerprint density at radius 2 is 1.73 bits per heavy atom. The average Bonchev–Trinajstić information content (AvgIpc) is 3.18.